The fraction of sp³-hybridized carbons (Fsp3) is 0.400. The minimum absolute atomic E-state index is 0.253. The largest absolute Gasteiger partial charge is 0.292 e. The Hall–Kier alpha value is -1.52. The van der Waals surface area contributed by atoms with Crippen LogP contribution < -0.4 is 0 Å². The topological polar surface area (TPSA) is 41.4 Å². The molecule has 0 saturated heterocycles. The van der Waals surface area contributed by atoms with Crippen molar-refractivity contribution in [2.45, 2.75) is 31.8 Å². The van der Waals surface area contributed by atoms with Crippen LogP contribution in [0.1, 0.15) is 25.0 Å². The molecule has 0 amide bonds. The van der Waals surface area contributed by atoms with Crippen LogP contribution in [0.25, 0.3) is 0 Å². The summed E-state index contributed by atoms with van der Waals surface area (Å²) in [5.74, 6) is 0. The van der Waals surface area contributed by atoms with Gasteiger partial charge in [-0.2, -0.15) is 0 Å². The average Bonchev–Trinajstić information content (AvgIpc) is 2.41. The number of hydrogen-bond acceptors (Lipinski definition) is 4. The Morgan fingerprint density at radius 3 is 3.05 bits per heavy atom. The average molecular weight is 291 g/mol. The van der Waals surface area contributed by atoms with Gasteiger partial charge in [0.25, 0.3) is 0 Å². The van der Waals surface area contributed by atoms with Gasteiger partial charge in [0, 0.05) is 12.7 Å². The lowest BCUT2D eigenvalue weighted by Gasteiger charge is -2.33. The van der Waals surface area contributed by atoms with Crippen LogP contribution in [0.15, 0.2) is 42.3 Å². The first-order chi connectivity index (χ1) is 9.61. The van der Waals surface area contributed by atoms with Crippen molar-refractivity contribution in [3.8, 4) is 0 Å². The summed E-state index contributed by atoms with van der Waals surface area (Å²) >= 11 is 5.89. The van der Waals surface area contributed by atoms with Gasteiger partial charge in [-0.05, 0) is 37.9 Å². The molecule has 0 spiro atoms. The summed E-state index contributed by atoms with van der Waals surface area (Å²) in [5, 5.41) is 0.469. The molecular weight excluding hydrogens is 272 g/mol. The second-order valence-electron chi connectivity index (χ2n) is 4.96. The third kappa shape index (κ3) is 3.52. The van der Waals surface area contributed by atoms with Crippen molar-refractivity contribution in [2.24, 2.45) is 4.99 Å². The summed E-state index contributed by atoms with van der Waals surface area (Å²) in [7, 11) is 2.07. The maximum Gasteiger partial charge on any atom is 0.132 e. The van der Waals surface area contributed by atoms with Crippen LogP contribution in [-0.2, 0) is 6.54 Å². The minimum Gasteiger partial charge on any atom is -0.292 e. The Morgan fingerprint density at radius 2 is 2.35 bits per heavy atom. The van der Waals surface area contributed by atoms with Crippen molar-refractivity contribution in [3.63, 3.8) is 0 Å². The Morgan fingerprint density at radius 1 is 1.55 bits per heavy atom. The molecule has 1 heterocycles. The third-order valence-electron chi connectivity index (χ3n) is 3.50. The number of rotatable bonds is 4. The number of halogens is 1. The fourth-order valence-electron chi connectivity index (χ4n) is 2.54. The number of aliphatic imine (C=N–C) groups is 1. The van der Waals surface area contributed by atoms with E-state index in [1.165, 1.54) is 6.33 Å². The Kier molecular flexibility index (Phi) is 5.04. The van der Waals surface area contributed by atoms with Gasteiger partial charge in [-0.1, -0.05) is 24.8 Å². The summed E-state index contributed by atoms with van der Waals surface area (Å²) < 4.78 is 0. The van der Waals surface area contributed by atoms with Gasteiger partial charge in [0.05, 0.1) is 17.4 Å². The standard InChI is InChI=1S/C15H19ClN4/c1-4-17-15-11(2)6-5-7-13(15)20(3)9-12-8-14(16)19-10-18-12/h4,8,10,13H,1-2,5-7,9H2,3H3. The van der Waals surface area contributed by atoms with E-state index in [1.807, 2.05) is 0 Å². The van der Waals surface area contributed by atoms with Crippen LogP contribution in [0.3, 0.4) is 0 Å². The highest BCUT2D eigenvalue weighted by Crippen LogP contribution is 2.24. The lowest BCUT2D eigenvalue weighted by Crippen LogP contribution is -2.41. The molecule has 1 aliphatic rings. The Bertz CT molecular complexity index is 538. The molecule has 106 valence electrons. The molecule has 0 radical (unpaired) electrons. The molecule has 1 aliphatic carbocycles. The molecule has 20 heavy (non-hydrogen) atoms. The summed E-state index contributed by atoms with van der Waals surface area (Å²) in [6, 6.07) is 2.04. The minimum atomic E-state index is 0.253. The molecule has 1 atom stereocenters. The predicted molar refractivity (Wildman–Crippen MR) is 82.9 cm³/mol. The zero-order valence-corrected chi connectivity index (χ0v) is 12.5. The summed E-state index contributed by atoms with van der Waals surface area (Å²) in [5.41, 5.74) is 3.05. The van der Waals surface area contributed by atoms with Crippen molar-refractivity contribution in [1.82, 2.24) is 14.9 Å². The summed E-state index contributed by atoms with van der Waals surface area (Å²) in [4.78, 5) is 14.8. The zero-order chi connectivity index (χ0) is 14.5. The normalized spacial score (nSPS) is 21.4. The van der Waals surface area contributed by atoms with Crippen LogP contribution in [0, 0.1) is 0 Å². The van der Waals surface area contributed by atoms with Crippen molar-refractivity contribution in [3.05, 3.63) is 48.2 Å². The van der Waals surface area contributed by atoms with E-state index >= 15 is 0 Å². The molecule has 0 bridgehead atoms. The van der Waals surface area contributed by atoms with E-state index < -0.39 is 0 Å². The number of aromatic nitrogens is 2. The molecular formula is C15H19ClN4. The second kappa shape index (κ2) is 6.77. The molecule has 1 aromatic heterocycles. The van der Waals surface area contributed by atoms with E-state index in [0.29, 0.717) is 11.7 Å². The first-order valence-corrected chi connectivity index (χ1v) is 7.03. The summed E-state index contributed by atoms with van der Waals surface area (Å²) in [6.45, 7) is 8.51. The van der Waals surface area contributed by atoms with E-state index in [2.05, 4.69) is 40.1 Å². The first-order valence-electron chi connectivity index (χ1n) is 6.65. The van der Waals surface area contributed by atoms with Crippen molar-refractivity contribution in [1.29, 1.82) is 0 Å². The predicted octanol–water partition coefficient (Wildman–Crippen LogP) is 3.26. The highest BCUT2D eigenvalue weighted by atomic mass is 35.5. The highest BCUT2D eigenvalue weighted by molar-refractivity contribution is 6.29. The lowest BCUT2D eigenvalue weighted by molar-refractivity contribution is 0.265. The zero-order valence-electron chi connectivity index (χ0n) is 11.7. The maximum atomic E-state index is 5.89. The first kappa shape index (κ1) is 14.9. The van der Waals surface area contributed by atoms with Crippen LogP contribution in [0.2, 0.25) is 5.15 Å². The van der Waals surface area contributed by atoms with E-state index in [9.17, 15) is 0 Å². The van der Waals surface area contributed by atoms with Gasteiger partial charge in [-0.3, -0.25) is 9.89 Å². The number of nitrogens with zero attached hydrogens (tertiary/aromatic N) is 4. The van der Waals surface area contributed by atoms with Crippen LogP contribution in [-0.4, -0.2) is 33.7 Å². The number of hydrogen-bond donors (Lipinski definition) is 0. The fourth-order valence-corrected chi connectivity index (χ4v) is 2.71. The van der Waals surface area contributed by atoms with Crippen LogP contribution >= 0.6 is 11.6 Å². The van der Waals surface area contributed by atoms with Crippen LogP contribution in [0.4, 0.5) is 0 Å². The molecule has 1 fully saturated rings. The van der Waals surface area contributed by atoms with Crippen LogP contribution in [0.5, 0.6) is 0 Å². The summed E-state index contributed by atoms with van der Waals surface area (Å²) in [6.07, 6.45) is 6.30. The molecule has 1 unspecified atom stereocenters. The van der Waals surface area contributed by atoms with Gasteiger partial charge in [-0.15, -0.1) is 0 Å². The van der Waals surface area contributed by atoms with Crippen molar-refractivity contribution in [2.75, 3.05) is 7.05 Å². The molecule has 2 rings (SSSR count). The third-order valence-corrected chi connectivity index (χ3v) is 3.70. The van der Waals surface area contributed by atoms with Gasteiger partial charge in [0.15, 0.2) is 0 Å². The molecule has 1 saturated carbocycles. The molecule has 5 heteroatoms. The van der Waals surface area contributed by atoms with E-state index in [4.69, 9.17) is 11.6 Å². The lowest BCUT2D eigenvalue weighted by atomic mass is 9.88. The molecule has 1 aromatic rings. The van der Waals surface area contributed by atoms with Crippen molar-refractivity contribution >= 4 is 17.3 Å². The molecule has 0 N–H and O–H groups in total. The SMILES string of the molecule is C=CN=C1C(=C)CCCC1N(C)Cc1cc(Cl)ncn1. The van der Waals surface area contributed by atoms with E-state index in [1.54, 1.807) is 12.3 Å². The Labute approximate surface area is 124 Å². The molecule has 0 aliphatic heterocycles. The van der Waals surface area contributed by atoms with E-state index in [0.717, 1.165) is 36.2 Å². The van der Waals surface area contributed by atoms with Crippen molar-refractivity contribution < 1.29 is 0 Å². The van der Waals surface area contributed by atoms with E-state index in [-0.39, 0.29) is 6.04 Å². The van der Waals surface area contributed by atoms with Gasteiger partial charge in [-0.25, -0.2) is 9.97 Å². The smallest absolute Gasteiger partial charge is 0.132 e. The van der Waals surface area contributed by atoms with Gasteiger partial charge >= 0.3 is 0 Å². The van der Waals surface area contributed by atoms with Gasteiger partial charge < -0.3 is 0 Å². The monoisotopic (exact) mass is 290 g/mol. The second-order valence-corrected chi connectivity index (χ2v) is 5.34. The van der Waals surface area contributed by atoms with Gasteiger partial charge in [0.1, 0.15) is 11.5 Å². The van der Waals surface area contributed by atoms with Gasteiger partial charge in [0.2, 0.25) is 0 Å². The molecule has 0 aromatic carbocycles. The highest BCUT2D eigenvalue weighted by Gasteiger charge is 2.26. The quantitative estimate of drug-likeness (QED) is 0.799. The Balaban J connectivity index is 2.14. The molecule has 4 nitrogen and oxygen atoms in total. The maximum absolute atomic E-state index is 5.89.